The Balaban J connectivity index is 2.24. The van der Waals surface area contributed by atoms with Gasteiger partial charge in [0.1, 0.15) is 5.75 Å². The number of rotatable bonds is 4. The van der Waals surface area contributed by atoms with Crippen LogP contribution in [0.4, 0.5) is 5.69 Å². The summed E-state index contributed by atoms with van der Waals surface area (Å²) in [4.78, 5) is 23.8. The fourth-order valence-corrected chi connectivity index (χ4v) is 2.21. The molecule has 1 aromatic rings. The first-order chi connectivity index (χ1) is 9.02. The smallest absolute Gasteiger partial charge is 0.265 e. The van der Waals surface area contributed by atoms with Crippen molar-refractivity contribution in [2.45, 2.75) is 39.7 Å². The molecular formula is C15H19NO3. The standard InChI is InChI=1S/C15H19NO3/c1-4-5-9(2)14(17)11-6-7-13-12(8-11)16-15(18)10(3)19-13/h6-10H,4-5H2,1-3H3,(H,16,18). The molecule has 1 aliphatic heterocycles. The minimum Gasteiger partial charge on any atom is -0.479 e. The topological polar surface area (TPSA) is 55.4 Å². The van der Waals surface area contributed by atoms with Crippen molar-refractivity contribution in [1.82, 2.24) is 0 Å². The quantitative estimate of drug-likeness (QED) is 0.848. The number of carbonyl (C=O) groups excluding carboxylic acids is 2. The summed E-state index contributed by atoms with van der Waals surface area (Å²) in [5.74, 6) is 0.546. The van der Waals surface area contributed by atoms with Crippen LogP contribution in [-0.4, -0.2) is 17.8 Å². The van der Waals surface area contributed by atoms with Gasteiger partial charge in [-0.1, -0.05) is 20.3 Å². The highest BCUT2D eigenvalue weighted by molar-refractivity contribution is 6.02. The van der Waals surface area contributed by atoms with Gasteiger partial charge in [-0.05, 0) is 31.5 Å². The van der Waals surface area contributed by atoms with E-state index >= 15 is 0 Å². The zero-order valence-electron chi connectivity index (χ0n) is 11.5. The summed E-state index contributed by atoms with van der Waals surface area (Å²) in [5, 5.41) is 2.76. The van der Waals surface area contributed by atoms with Crippen LogP contribution in [0.25, 0.3) is 0 Å². The Labute approximate surface area is 113 Å². The lowest BCUT2D eigenvalue weighted by Crippen LogP contribution is -2.34. The van der Waals surface area contributed by atoms with Gasteiger partial charge in [0, 0.05) is 11.5 Å². The summed E-state index contributed by atoms with van der Waals surface area (Å²) in [7, 11) is 0. The lowest BCUT2D eigenvalue weighted by atomic mass is 9.95. The molecule has 0 aromatic heterocycles. The molecule has 2 rings (SSSR count). The Morgan fingerprint density at radius 3 is 2.89 bits per heavy atom. The van der Waals surface area contributed by atoms with Gasteiger partial charge in [-0.2, -0.15) is 0 Å². The summed E-state index contributed by atoms with van der Waals surface area (Å²) < 4.78 is 5.46. The molecule has 1 aliphatic rings. The molecular weight excluding hydrogens is 242 g/mol. The molecule has 1 amide bonds. The maximum atomic E-state index is 12.2. The molecule has 4 nitrogen and oxygen atoms in total. The summed E-state index contributed by atoms with van der Waals surface area (Å²) in [6, 6.07) is 5.21. The van der Waals surface area contributed by atoms with E-state index in [0.717, 1.165) is 12.8 Å². The van der Waals surface area contributed by atoms with Crippen molar-refractivity contribution in [3.05, 3.63) is 23.8 Å². The molecule has 1 N–H and O–H groups in total. The molecule has 2 unspecified atom stereocenters. The fourth-order valence-electron chi connectivity index (χ4n) is 2.21. The second-order valence-electron chi connectivity index (χ2n) is 5.01. The highest BCUT2D eigenvalue weighted by Crippen LogP contribution is 2.31. The molecule has 0 saturated carbocycles. The molecule has 0 fully saturated rings. The Morgan fingerprint density at radius 2 is 2.21 bits per heavy atom. The van der Waals surface area contributed by atoms with Crippen molar-refractivity contribution in [1.29, 1.82) is 0 Å². The Hall–Kier alpha value is -1.84. The van der Waals surface area contributed by atoms with Gasteiger partial charge in [-0.25, -0.2) is 0 Å². The maximum Gasteiger partial charge on any atom is 0.265 e. The molecule has 0 spiro atoms. The van der Waals surface area contributed by atoms with E-state index in [4.69, 9.17) is 4.74 Å². The van der Waals surface area contributed by atoms with E-state index in [2.05, 4.69) is 12.2 Å². The van der Waals surface area contributed by atoms with Crippen LogP contribution in [0.1, 0.15) is 44.0 Å². The van der Waals surface area contributed by atoms with Gasteiger partial charge in [0.05, 0.1) is 5.69 Å². The predicted octanol–water partition coefficient (Wildman–Crippen LogP) is 3.02. The van der Waals surface area contributed by atoms with Crippen LogP contribution in [0.5, 0.6) is 5.75 Å². The molecule has 0 saturated heterocycles. The van der Waals surface area contributed by atoms with Crippen molar-refractivity contribution in [2.75, 3.05) is 5.32 Å². The first-order valence-corrected chi connectivity index (χ1v) is 6.68. The molecule has 102 valence electrons. The van der Waals surface area contributed by atoms with Gasteiger partial charge in [-0.15, -0.1) is 0 Å². The zero-order chi connectivity index (χ0) is 14.0. The van der Waals surface area contributed by atoms with E-state index in [0.29, 0.717) is 17.0 Å². The number of hydrogen-bond acceptors (Lipinski definition) is 3. The normalized spacial score (nSPS) is 19.1. The number of carbonyl (C=O) groups is 2. The van der Waals surface area contributed by atoms with Crippen molar-refractivity contribution in [3.8, 4) is 5.75 Å². The number of fused-ring (bicyclic) bond motifs is 1. The second kappa shape index (κ2) is 5.43. The number of ether oxygens (including phenoxy) is 1. The van der Waals surface area contributed by atoms with Crippen LogP contribution in [-0.2, 0) is 4.79 Å². The van der Waals surface area contributed by atoms with Crippen LogP contribution >= 0.6 is 0 Å². The first kappa shape index (κ1) is 13.6. The molecule has 1 heterocycles. The fraction of sp³-hybridized carbons (Fsp3) is 0.467. The molecule has 19 heavy (non-hydrogen) atoms. The van der Waals surface area contributed by atoms with Crippen LogP contribution in [0.3, 0.4) is 0 Å². The van der Waals surface area contributed by atoms with Crippen LogP contribution in [0.15, 0.2) is 18.2 Å². The second-order valence-corrected chi connectivity index (χ2v) is 5.01. The molecule has 0 bridgehead atoms. The highest BCUT2D eigenvalue weighted by atomic mass is 16.5. The van der Waals surface area contributed by atoms with E-state index in [1.54, 1.807) is 25.1 Å². The summed E-state index contributed by atoms with van der Waals surface area (Å²) >= 11 is 0. The van der Waals surface area contributed by atoms with Crippen molar-refractivity contribution in [2.24, 2.45) is 5.92 Å². The summed E-state index contributed by atoms with van der Waals surface area (Å²) in [5.41, 5.74) is 1.20. The molecule has 0 aliphatic carbocycles. The van der Waals surface area contributed by atoms with Gasteiger partial charge in [-0.3, -0.25) is 9.59 Å². The van der Waals surface area contributed by atoms with Crippen molar-refractivity contribution in [3.63, 3.8) is 0 Å². The van der Waals surface area contributed by atoms with Crippen molar-refractivity contribution < 1.29 is 14.3 Å². The zero-order valence-corrected chi connectivity index (χ0v) is 11.5. The van der Waals surface area contributed by atoms with E-state index in [1.165, 1.54) is 0 Å². The Bertz CT molecular complexity index is 510. The number of anilines is 1. The van der Waals surface area contributed by atoms with E-state index < -0.39 is 6.10 Å². The average Bonchev–Trinajstić information content (AvgIpc) is 2.39. The average molecular weight is 261 g/mol. The lowest BCUT2D eigenvalue weighted by Gasteiger charge is -2.23. The van der Waals surface area contributed by atoms with Crippen LogP contribution in [0, 0.1) is 5.92 Å². The third-order valence-electron chi connectivity index (χ3n) is 3.36. The number of amides is 1. The largest absolute Gasteiger partial charge is 0.479 e. The van der Waals surface area contributed by atoms with Crippen molar-refractivity contribution >= 4 is 17.4 Å². The summed E-state index contributed by atoms with van der Waals surface area (Å²) in [6.45, 7) is 5.69. The van der Waals surface area contributed by atoms with Gasteiger partial charge < -0.3 is 10.1 Å². The number of nitrogens with one attached hydrogen (secondary N) is 1. The highest BCUT2D eigenvalue weighted by Gasteiger charge is 2.24. The van der Waals surface area contributed by atoms with Gasteiger partial charge in [0.25, 0.3) is 5.91 Å². The number of hydrogen-bond donors (Lipinski definition) is 1. The van der Waals surface area contributed by atoms with E-state index in [1.807, 2.05) is 6.92 Å². The Morgan fingerprint density at radius 1 is 1.47 bits per heavy atom. The molecule has 2 atom stereocenters. The lowest BCUT2D eigenvalue weighted by molar-refractivity contribution is -0.122. The molecule has 0 radical (unpaired) electrons. The molecule has 1 aromatic carbocycles. The maximum absolute atomic E-state index is 12.2. The number of Topliss-reactive ketones (excluding diaryl/α,β-unsaturated/α-hetero) is 1. The monoisotopic (exact) mass is 261 g/mol. The first-order valence-electron chi connectivity index (χ1n) is 6.68. The van der Waals surface area contributed by atoms with Crippen LogP contribution < -0.4 is 10.1 Å². The van der Waals surface area contributed by atoms with E-state index in [-0.39, 0.29) is 17.6 Å². The Kier molecular flexibility index (Phi) is 3.88. The van der Waals surface area contributed by atoms with Gasteiger partial charge in [0.2, 0.25) is 0 Å². The third kappa shape index (κ3) is 2.78. The number of ketones is 1. The minimum atomic E-state index is -0.493. The van der Waals surface area contributed by atoms with E-state index in [9.17, 15) is 9.59 Å². The van der Waals surface area contributed by atoms with Crippen LogP contribution in [0.2, 0.25) is 0 Å². The minimum absolute atomic E-state index is 0.00202. The predicted molar refractivity (Wildman–Crippen MR) is 73.6 cm³/mol. The van der Waals surface area contributed by atoms with Gasteiger partial charge >= 0.3 is 0 Å². The third-order valence-corrected chi connectivity index (χ3v) is 3.36. The SMILES string of the molecule is CCCC(C)C(=O)c1ccc2c(c1)NC(=O)C(C)O2. The van der Waals surface area contributed by atoms with Gasteiger partial charge in [0.15, 0.2) is 11.9 Å². The summed E-state index contributed by atoms with van der Waals surface area (Å²) in [6.07, 6.45) is 1.36. The number of benzene rings is 1. The molecule has 4 heteroatoms.